The van der Waals surface area contributed by atoms with Crippen molar-refractivity contribution < 1.29 is 22.6 Å². The molecule has 2 aromatic heterocycles. The van der Waals surface area contributed by atoms with Crippen molar-refractivity contribution in [3.63, 3.8) is 0 Å². The zero-order valence-electron chi connectivity index (χ0n) is 21.5. The Morgan fingerprint density at radius 3 is 2.72 bits per heavy atom. The normalized spacial score (nSPS) is 23.0. The molecule has 10 nitrogen and oxygen atoms in total. The molecule has 1 aliphatic carbocycles. The third-order valence-electron chi connectivity index (χ3n) is 8.07. The van der Waals surface area contributed by atoms with Crippen molar-refractivity contribution in [1.82, 2.24) is 19.5 Å². The summed E-state index contributed by atoms with van der Waals surface area (Å²) in [4.78, 5) is 6.81. The third-order valence-corrected chi connectivity index (χ3v) is 8.07. The van der Waals surface area contributed by atoms with Crippen LogP contribution in [0.1, 0.15) is 19.3 Å². The number of methoxy groups -OCH3 is 1. The van der Waals surface area contributed by atoms with E-state index in [-0.39, 0.29) is 23.1 Å². The van der Waals surface area contributed by atoms with Crippen LogP contribution in [0.2, 0.25) is 0 Å². The molecule has 2 saturated heterocycles. The molecule has 39 heavy (non-hydrogen) atoms. The number of fused-ring (bicyclic) bond motifs is 1. The molecule has 2 aliphatic heterocycles. The van der Waals surface area contributed by atoms with Gasteiger partial charge in [-0.2, -0.15) is 10.1 Å². The van der Waals surface area contributed by atoms with Crippen LogP contribution in [-0.4, -0.2) is 83.6 Å². The number of likely N-dealkylation sites (tertiary alicyclic amines) is 1. The van der Waals surface area contributed by atoms with Crippen LogP contribution >= 0.6 is 0 Å². The fraction of sp³-hybridized carbons (Fsp3) is 0.538. The second-order valence-corrected chi connectivity index (χ2v) is 10.5. The van der Waals surface area contributed by atoms with Crippen LogP contribution in [0.25, 0.3) is 16.6 Å². The van der Waals surface area contributed by atoms with Gasteiger partial charge in [-0.1, -0.05) is 6.07 Å². The van der Waals surface area contributed by atoms with Crippen LogP contribution in [-0.2, 0) is 4.74 Å². The Hall–Kier alpha value is -3.45. The molecular weight excluding hydrogens is 513 g/mol. The highest BCUT2D eigenvalue weighted by Gasteiger charge is 2.55. The van der Waals surface area contributed by atoms with E-state index < -0.39 is 25.2 Å². The minimum Gasteiger partial charge on any atom is -0.479 e. The number of benzene rings is 1. The first kappa shape index (κ1) is 25.8. The van der Waals surface area contributed by atoms with Gasteiger partial charge in [-0.3, -0.25) is 4.90 Å². The van der Waals surface area contributed by atoms with E-state index in [1.165, 1.54) is 20.0 Å². The van der Waals surface area contributed by atoms with E-state index >= 15 is 4.39 Å². The van der Waals surface area contributed by atoms with Crippen LogP contribution in [0.4, 0.5) is 30.5 Å². The maximum atomic E-state index is 15.4. The van der Waals surface area contributed by atoms with Gasteiger partial charge < -0.3 is 20.1 Å². The first-order valence-electron chi connectivity index (χ1n) is 13.1. The largest absolute Gasteiger partial charge is 0.479 e. The van der Waals surface area contributed by atoms with Crippen LogP contribution in [0, 0.1) is 11.4 Å². The van der Waals surface area contributed by atoms with Gasteiger partial charge in [0, 0.05) is 24.8 Å². The predicted molar refractivity (Wildman–Crippen MR) is 139 cm³/mol. The Bertz CT molecular complexity index is 1360. The molecule has 4 heterocycles. The van der Waals surface area contributed by atoms with Gasteiger partial charge in [-0.25, -0.2) is 23.2 Å². The fourth-order valence-corrected chi connectivity index (χ4v) is 5.80. The van der Waals surface area contributed by atoms with E-state index in [9.17, 15) is 8.78 Å². The number of halogens is 3. The number of anilines is 2. The second kappa shape index (κ2) is 10.3. The minimum atomic E-state index is -2.55. The van der Waals surface area contributed by atoms with Crippen molar-refractivity contribution in [1.29, 1.82) is 5.53 Å². The van der Waals surface area contributed by atoms with E-state index in [0.29, 0.717) is 54.4 Å². The van der Waals surface area contributed by atoms with Crippen molar-refractivity contribution >= 4 is 22.8 Å². The number of hydrogen-bond donors (Lipinski definition) is 3. The molecular formula is C26H31F3N8O2. The molecule has 6 rings (SSSR count). The van der Waals surface area contributed by atoms with Crippen molar-refractivity contribution in [2.75, 3.05) is 50.6 Å². The molecule has 0 radical (unpaired) electrons. The summed E-state index contributed by atoms with van der Waals surface area (Å²) in [6, 6.07) is 6.36. The monoisotopic (exact) mass is 544 g/mol. The van der Waals surface area contributed by atoms with Gasteiger partial charge in [0.05, 0.1) is 44.1 Å². The standard InChI is InChI=1S/C26H31F3N8O2/c1-38-24-23-17(15-2-5-20(34-30)21(10-15)31-11-22(28)29)6-9-37(23)35-25(33-24)32-19-7-8-36(12-18(19)27)26(13-39-14-26)16-3-4-16/h2,5-6,9-10,16,18-19,22,30-31H,3-4,7-8,11-14H2,1H3,(H,32,35)/t18-,19+/m1/s1. The zero-order chi connectivity index (χ0) is 27.1. The molecule has 3 N–H and O–H groups in total. The molecule has 13 heteroatoms. The summed E-state index contributed by atoms with van der Waals surface area (Å²) in [6.45, 7) is 1.97. The van der Waals surface area contributed by atoms with E-state index in [1.54, 1.807) is 28.9 Å². The molecule has 208 valence electrons. The maximum absolute atomic E-state index is 15.4. The van der Waals surface area contributed by atoms with Gasteiger partial charge in [-0.05, 0) is 48.9 Å². The SMILES string of the molecule is COc1nc(N[C@H]2CCN(C3(C4CC4)COC3)C[C@H]2F)nn2ccc(-c3ccc(N=N)c(NCC(F)F)c3)c12. The first-order chi connectivity index (χ1) is 18.9. The summed E-state index contributed by atoms with van der Waals surface area (Å²) in [5, 5.41) is 13.8. The zero-order valence-corrected chi connectivity index (χ0v) is 21.5. The van der Waals surface area contributed by atoms with Crippen LogP contribution in [0.15, 0.2) is 35.6 Å². The highest BCUT2D eigenvalue weighted by atomic mass is 19.3. The first-order valence-corrected chi connectivity index (χ1v) is 13.1. The lowest BCUT2D eigenvalue weighted by Crippen LogP contribution is -2.67. The summed E-state index contributed by atoms with van der Waals surface area (Å²) >= 11 is 0. The molecule has 0 amide bonds. The molecule has 1 aromatic carbocycles. The molecule has 0 unspecified atom stereocenters. The van der Waals surface area contributed by atoms with Crippen LogP contribution < -0.4 is 15.4 Å². The Kier molecular flexibility index (Phi) is 6.79. The summed E-state index contributed by atoms with van der Waals surface area (Å²) in [5.74, 6) is 1.17. The molecule has 0 bridgehead atoms. The third kappa shape index (κ3) is 4.78. The Morgan fingerprint density at radius 2 is 2.08 bits per heavy atom. The van der Waals surface area contributed by atoms with Gasteiger partial charge in [0.2, 0.25) is 11.8 Å². The number of nitrogens with zero attached hydrogens (tertiary/aromatic N) is 5. The van der Waals surface area contributed by atoms with Crippen molar-refractivity contribution in [3.05, 3.63) is 30.5 Å². The average Bonchev–Trinajstić information content (AvgIpc) is 3.66. The van der Waals surface area contributed by atoms with Crippen LogP contribution in [0.3, 0.4) is 0 Å². The number of piperidine rings is 1. The molecule has 2 atom stereocenters. The second-order valence-electron chi connectivity index (χ2n) is 10.5. The molecule has 1 saturated carbocycles. The maximum Gasteiger partial charge on any atom is 0.255 e. The summed E-state index contributed by atoms with van der Waals surface area (Å²) in [7, 11) is 1.50. The number of aromatic nitrogens is 3. The smallest absolute Gasteiger partial charge is 0.255 e. The molecule has 3 aliphatic rings. The summed E-state index contributed by atoms with van der Waals surface area (Å²) in [5.41, 5.74) is 9.88. The van der Waals surface area contributed by atoms with E-state index in [2.05, 4.69) is 30.7 Å². The lowest BCUT2D eigenvalue weighted by Gasteiger charge is -2.53. The van der Waals surface area contributed by atoms with E-state index in [0.717, 1.165) is 6.54 Å². The van der Waals surface area contributed by atoms with Crippen molar-refractivity contribution in [3.8, 4) is 17.0 Å². The number of ether oxygens (including phenoxy) is 2. The number of nitrogens with one attached hydrogen (secondary N) is 3. The number of alkyl halides is 3. The van der Waals surface area contributed by atoms with Gasteiger partial charge in [0.15, 0.2) is 0 Å². The van der Waals surface area contributed by atoms with E-state index in [1.807, 2.05) is 6.07 Å². The summed E-state index contributed by atoms with van der Waals surface area (Å²) in [6.07, 6.45) is 1.12. The van der Waals surface area contributed by atoms with Crippen molar-refractivity contribution in [2.45, 2.75) is 43.4 Å². The fourth-order valence-electron chi connectivity index (χ4n) is 5.80. The molecule has 0 spiro atoms. The number of hydrogen-bond acceptors (Lipinski definition) is 9. The molecule has 3 fully saturated rings. The van der Waals surface area contributed by atoms with Crippen LogP contribution in [0.5, 0.6) is 5.88 Å². The van der Waals surface area contributed by atoms with Gasteiger partial charge in [0.25, 0.3) is 6.43 Å². The quantitative estimate of drug-likeness (QED) is 0.316. The predicted octanol–water partition coefficient (Wildman–Crippen LogP) is 4.75. The Balaban J connectivity index is 1.22. The Labute approximate surface area is 223 Å². The highest BCUT2D eigenvalue weighted by Crippen LogP contribution is 2.48. The summed E-state index contributed by atoms with van der Waals surface area (Å²) < 4.78 is 53.7. The molecule has 3 aromatic rings. The van der Waals surface area contributed by atoms with Crippen molar-refractivity contribution in [2.24, 2.45) is 11.0 Å². The lowest BCUT2D eigenvalue weighted by atomic mass is 9.86. The number of rotatable bonds is 10. The minimum absolute atomic E-state index is 0.0112. The van der Waals surface area contributed by atoms with Gasteiger partial charge >= 0.3 is 0 Å². The van der Waals surface area contributed by atoms with Gasteiger partial charge in [-0.15, -0.1) is 5.10 Å². The topological polar surface area (TPSA) is 112 Å². The van der Waals surface area contributed by atoms with E-state index in [4.69, 9.17) is 15.0 Å². The highest BCUT2D eigenvalue weighted by molar-refractivity contribution is 5.87. The van der Waals surface area contributed by atoms with Gasteiger partial charge in [0.1, 0.15) is 17.4 Å². The lowest BCUT2D eigenvalue weighted by molar-refractivity contribution is -0.163. The Morgan fingerprint density at radius 1 is 1.26 bits per heavy atom. The average molecular weight is 545 g/mol.